The molecular weight excluding hydrogens is 364 g/mol. The van der Waals surface area contributed by atoms with Gasteiger partial charge < -0.3 is 14.5 Å². The number of pyridine rings is 1. The SMILES string of the molecule is CN(C(=O)N1CCOC2(CCN(CCc3ccccc3)CC2)C1)c1ccccn1. The van der Waals surface area contributed by atoms with Crippen molar-refractivity contribution in [2.75, 3.05) is 51.3 Å². The Morgan fingerprint density at radius 1 is 1.10 bits per heavy atom. The summed E-state index contributed by atoms with van der Waals surface area (Å²) in [7, 11) is 1.79. The van der Waals surface area contributed by atoms with Gasteiger partial charge in [0, 0.05) is 39.4 Å². The first-order chi connectivity index (χ1) is 14.2. The predicted molar refractivity (Wildman–Crippen MR) is 114 cm³/mol. The Hall–Kier alpha value is -2.44. The van der Waals surface area contributed by atoms with E-state index in [1.165, 1.54) is 5.56 Å². The Labute approximate surface area is 173 Å². The van der Waals surface area contributed by atoms with E-state index < -0.39 is 0 Å². The zero-order valence-electron chi connectivity index (χ0n) is 17.2. The van der Waals surface area contributed by atoms with E-state index in [9.17, 15) is 4.79 Å². The highest BCUT2D eigenvalue weighted by Gasteiger charge is 2.41. The molecule has 0 atom stereocenters. The summed E-state index contributed by atoms with van der Waals surface area (Å²) in [5.41, 5.74) is 1.18. The second kappa shape index (κ2) is 8.93. The first kappa shape index (κ1) is 19.9. The van der Waals surface area contributed by atoms with E-state index in [4.69, 9.17) is 4.74 Å². The van der Waals surface area contributed by atoms with E-state index in [0.29, 0.717) is 25.5 Å². The van der Waals surface area contributed by atoms with Crippen LogP contribution in [0.4, 0.5) is 10.6 Å². The van der Waals surface area contributed by atoms with Crippen molar-refractivity contribution >= 4 is 11.8 Å². The number of hydrogen-bond acceptors (Lipinski definition) is 4. The first-order valence-electron chi connectivity index (χ1n) is 10.5. The van der Waals surface area contributed by atoms with Gasteiger partial charge in [0.25, 0.3) is 0 Å². The van der Waals surface area contributed by atoms with E-state index >= 15 is 0 Å². The standard InChI is InChI=1S/C23H30N4O2/c1-25(21-9-5-6-13-24-21)22(28)27-17-18-29-23(19-27)11-15-26(16-12-23)14-10-20-7-3-2-4-8-20/h2-9,13H,10-12,14-19H2,1H3. The molecule has 1 aromatic heterocycles. The number of carbonyl (C=O) groups excluding carboxylic acids is 1. The molecule has 0 radical (unpaired) electrons. The number of piperidine rings is 1. The fourth-order valence-corrected chi connectivity index (χ4v) is 4.29. The zero-order valence-corrected chi connectivity index (χ0v) is 17.2. The Bertz CT molecular complexity index is 791. The summed E-state index contributed by atoms with van der Waals surface area (Å²) >= 11 is 0. The minimum Gasteiger partial charge on any atom is -0.371 e. The molecule has 0 N–H and O–H groups in total. The van der Waals surface area contributed by atoms with Crippen LogP contribution < -0.4 is 4.90 Å². The third-order valence-electron chi connectivity index (χ3n) is 6.13. The summed E-state index contributed by atoms with van der Waals surface area (Å²) in [5.74, 6) is 0.675. The summed E-state index contributed by atoms with van der Waals surface area (Å²) in [4.78, 5) is 23.4. The maximum atomic E-state index is 13.0. The summed E-state index contributed by atoms with van der Waals surface area (Å²) in [6, 6.07) is 16.3. The molecule has 0 saturated carbocycles. The minimum atomic E-state index is -0.206. The summed E-state index contributed by atoms with van der Waals surface area (Å²) in [6.07, 6.45) is 4.73. The zero-order chi connectivity index (χ0) is 20.1. The van der Waals surface area contributed by atoms with Crippen molar-refractivity contribution in [3.63, 3.8) is 0 Å². The van der Waals surface area contributed by atoms with E-state index in [-0.39, 0.29) is 11.6 Å². The van der Waals surface area contributed by atoms with E-state index in [1.807, 2.05) is 23.1 Å². The van der Waals surface area contributed by atoms with E-state index in [0.717, 1.165) is 38.9 Å². The molecule has 6 nitrogen and oxygen atoms in total. The molecule has 154 valence electrons. The quantitative estimate of drug-likeness (QED) is 0.800. The Kier molecular flexibility index (Phi) is 6.11. The van der Waals surface area contributed by atoms with Crippen LogP contribution in [-0.4, -0.2) is 72.8 Å². The summed E-state index contributed by atoms with van der Waals surface area (Å²) in [5, 5.41) is 0. The number of likely N-dealkylation sites (tertiary alicyclic amines) is 1. The molecule has 2 aliphatic rings. The van der Waals surface area contributed by atoms with Crippen molar-refractivity contribution < 1.29 is 9.53 Å². The number of amides is 2. The lowest BCUT2D eigenvalue weighted by Crippen LogP contribution is -2.59. The number of urea groups is 1. The van der Waals surface area contributed by atoms with Crippen molar-refractivity contribution in [3.05, 3.63) is 60.3 Å². The molecule has 1 spiro atoms. The molecular formula is C23H30N4O2. The van der Waals surface area contributed by atoms with Crippen LogP contribution in [0, 0.1) is 0 Å². The first-order valence-corrected chi connectivity index (χ1v) is 10.5. The summed E-state index contributed by atoms with van der Waals surface area (Å²) in [6.45, 7) is 5.01. The van der Waals surface area contributed by atoms with Gasteiger partial charge in [-0.2, -0.15) is 0 Å². The van der Waals surface area contributed by atoms with E-state index in [2.05, 4.69) is 40.2 Å². The maximum Gasteiger partial charge on any atom is 0.325 e. The van der Waals surface area contributed by atoms with Gasteiger partial charge in [0.2, 0.25) is 0 Å². The number of benzene rings is 1. The molecule has 0 unspecified atom stereocenters. The highest BCUT2D eigenvalue weighted by atomic mass is 16.5. The van der Waals surface area contributed by atoms with Crippen molar-refractivity contribution in [2.24, 2.45) is 0 Å². The van der Waals surface area contributed by atoms with Gasteiger partial charge in [-0.15, -0.1) is 0 Å². The number of nitrogens with zero attached hydrogens (tertiary/aromatic N) is 4. The molecule has 2 amide bonds. The van der Waals surface area contributed by atoms with Gasteiger partial charge >= 0.3 is 6.03 Å². The number of carbonyl (C=O) groups is 1. The largest absolute Gasteiger partial charge is 0.371 e. The van der Waals surface area contributed by atoms with Crippen LogP contribution in [-0.2, 0) is 11.2 Å². The lowest BCUT2D eigenvalue weighted by Gasteiger charge is -2.47. The van der Waals surface area contributed by atoms with Crippen LogP contribution in [0.5, 0.6) is 0 Å². The lowest BCUT2D eigenvalue weighted by molar-refractivity contribution is -0.125. The summed E-state index contributed by atoms with van der Waals surface area (Å²) < 4.78 is 6.23. The molecule has 1 aromatic carbocycles. The number of aromatic nitrogens is 1. The Morgan fingerprint density at radius 2 is 1.86 bits per heavy atom. The molecule has 2 fully saturated rings. The number of ether oxygens (including phenoxy) is 1. The predicted octanol–water partition coefficient (Wildman–Crippen LogP) is 3.05. The van der Waals surface area contributed by atoms with Gasteiger partial charge in [-0.25, -0.2) is 9.78 Å². The number of rotatable bonds is 4. The topological polar surface area (TPSA) is 48.9 Å². The molecule has 29 heavy (non-hydrogen) atoms. The van der Waals surface area contributed by atoms with Gasteiger partial charge in [-0.05, 0) is 37.0 Å². The Balaban J connectivity index is 1.31. The number of morpholine rings is 1. The molecule has 2 aliphatic heterocycles. The van der Waals surface area contributed by atoms with Crippen LogP contribution in [0.25, 0.3) is 0 Å². The van der Waals surface area contributed by atoms with Crippen molar-refractivity contribution in [2.45, 2.75) is 24.9 Å². The maximum absolute atomic E-state index is 13.0. The van der Waals surface area contributed by atoms with Gasteiger partial charge in [0.1, 0.15) is 5.82 Å². The molecule has 6 heteroatoms. The third-order valence-corrected chi connectivity index (χ3v) is 6.13. The highest BCUT2D eigenvalue weighted by Crippen LogP contribution is 2.31. The lowest BCUT2D eigenvalue weighted by atomic mass is 9.89. The van der Waals surface area contributed by atoms with Gasteiger partial charge in [-0.1, -0.05) is 36.4 Å². The number of anilines is 1. The van der Waals surface area contributed by atoms with Crippen LogP contribution in [0.3, 0.4) is 0 Å². The minimum absolute atomic E-state index is 0.00196. The molecule has 2 saturated heterocycles. The van der Waals surface area contributed by atoms with Crippen LogP contribution in [0.1, 0.15) is 18.4 Å². The van der Waals surface area contributed by atoms with Gasteiger partial charge in [0.15, 0.2) is 0 Å². The van der Waals surface area contributed by atoms with Crippen molar-refractivity contribution in [1.82, 2.24) is 14.8 Å². The molecule has 2 aromatic rings. The molecule has 4 rings (SSSR count). The normalized spacial score (nSPS) is 19.3. The monoisotopic (exact) mass is 394 g/mol. The fourth-order valence-electron chi connectivity index (χ4n) is 4.29. The third kappa shape index (κ3) is 4.77. The molecule has 0 bridgehead atoms. The van der Waals surface area contributed by atoms with Gasteiger partial charge in [-0.3, -0.25) is 4.90 Å². The van der Waals surface area contributed by atoms with Crippen LogP contribution in [0.15, 0.2) is 54.7 Å². The van der Waals surface area contributed by atoms with Crippen LogP contribution in [0.2, 0.25) is 0 Å². The average molecular weight is 395 g/mol. The highest BCUT2D eigenvalue weighted by molar-refractivity contribution is 5.90. The molecule has 3 heterocycles. The Morgan fingerprint density at radius 3 is 2.59 bits per heavy atom. The fraction of sp³-hybridized carbons (Fsp3) is 0.478. The second-order valence-electron chi connectivity index (χ2n) is 8.06. The molecule has 0 aliphatic carbocycles. The second-order valence-corrected chi connectivity index (χ2v) is 8.06. The van der Waals surface area contributed by atoms with Crippen LogP contribution >= 0.6 is 0 Å². The van der Waals surface area contributed by atoms with Crippen molar-refractivity contribution in [3.8, 4) is 0 Å². The van der Waals surface area contributed by atoms with E-state index in [1.54, 1.807) is 18.1 Å². The average Bonchev–Trinajstić information content (AvgIpc) is 2.79. The smallest absolute Gasteiger partial charge is 0.325 e. The number of hydrogen-bond donors (Lipinski definition) is 0. The van der Waals surface area contributed by atoms with Gasteiger partial charge in [0.05, 0.1) is 18.8 Å². The van der Waals surface area contributed by atoms with Crippen molar-refractivity contribution in [1.29, 1.82) is 0 Å².